The van der Waals surface area contributed by atoms with Gasteiger partial charge >= 0.3 is 12.1 Å². The fourth-order valence-corrected chi connectivity index (χ4v) is 8.58. The molecule has 0 radical (unpaired) electrons. The first-order chi connectivity index (χ1) is 33.6. The topological polar surface area (TPSA) is 124 Å². The largest absolute Gasteiger partial charge is 0.483 e. The van der Waals surface area contributed by atoms with Crippen LogP contribution in [-0.2, 0) is 28.5 Å². The zero-order valence-corrected chi connectivity index (χ0v) is 48.2. The van der Waals surface area contributed by atoms with Crippen molar-refractivity contribution in [3.8, 4) is 0 Å². The van der Waals surface area contributed by atoms with E-state index in [0.29, 0.717) is 46.0 Å². The van der Waals surface area contributed by atoms with E-state index in [1.165, 1.54) is 186 Å². The van der Waals surface area contributed by atoms with Gasteiger partial charge < -0.3 is 34.3 Å². The fourth-order valence-electron chi connectivity index (χ4n) is 8.58. The fraction of sp³-hybridized carbons (Fsp3) is 0.949. The Hall–Kier alpha value is -1.91. The van der Waals surface area contributed by atoms with Gasteiger partial charge in [-0.05, 0) is 77.8 Å². The average molecular weight is 988 g/mol. The summed E-state index contributed by atoms with van der Waals surface area (Å²) >= 11 is 0. The molecule has 2 N–H and O–H groups in total. The Morgan fingerprint density at radius 2 is 0.855 bits per heavy atom. The third-order valence-electron chi connectivity index (χ3n) is 12.4. The Labute approximate surface area is 430 Å². The normalized spacial score (nSPS) is 11.1. The number of amides is 1. The van der Waals surface area contributed by atoms with Crippen molar-refractivity contribution in [1.29, 1.82) is 0 Å². The number of nitrogens with zero attached hydrogens (tertiary/aromatic N) is 1. The first kappa shape index (κ1) is 73.6. The number of hydrogen-bond acceptors (Lipinski definition) is 8. The third-order valence-corrected chi connectivity index (χ3v) is 12.4. The minimum absolute atomic E-state index is 0.00738. The summed E-state index contributed by atoms with van der Waals surface area (Å²) in [5, 5.41) is 9.62. The molecule has 10 nitrogen and oxygen atoms in total. The maximum atomic E-state index is 12.4. The van der Waals surface area contributed by atoms with Gasteiger partial charge in [0.2, 0.25) is 0 Å². The molecule has 0 aromatic carbocycles. The number of unbranched alkanes of at least 4 members (excludes halogenated alkanes) is 19. The summed E-state index contributed by atoms with van der Waals surface area (Å²) < 4.78 is 22.5. The van der Waals surface area contributed by atoms with Gasteiger partial charge in [0.05, 0.1) is 33.0 Å². The van der Waals surface area contributed by atoms with E-state index in [9.17, 15) is 9.59 Å². The number of carbonyl (C=O) groups excluding carboxylic acids is 2. The summed E-state index contributed by atoms with van der Waals surface area (Å²) in [4.78, 5) is 35.2. The van der Waals surface area contributed by atoms with Crippen molar-refractivity contribution < 1.29 is 38.4 Å². The molecular weight excluding hydrogens is 865 g/mol. The standard InChI is InChI=1S/C54H108N2O6.2C2H6.CH2O2/c1-8-12-25-34-50(35-26-13-9-2)38-29-21-18-16-17-19-23-31-42-56(44-47-60-49-48-59-46-41-55-53(58)62-54(5,6)7)43-32-24-20-22-30-40-52(57)61-45-33-39-51(36-27-14-10-3)37-28-15-11-4;2*1-2;2-1-3/h50-51H,8-49H2,1-7H3,(H,55,58);2*1-2H3;1H,(H,2,3). The molecule has 1 amide bonds. The van der Waals surface area contributed by atoms with Crippen LogP contribution in [0.15, 0.2) is 0 Å². The predicted octanol–water partition coefficient (Wildman–Crippen LogP) is 17.3. The van der Waals surface area contributed by atoms with E-state index < -0.39 is 11.7 Å². The molecule has 0 heterocycles. The molecule has 0 atom stereocenters. The first-order valence-corrected chi connectivity index (χ1v) is 29.6. The zero-order chi connectivity index (χ0) is 52.3. The van der Waals surface area contributed by atoms with Crippen molar-refractivity contribution in [2.75, 3.05) is 59.2 Å². The van der Waals surface area contributed by atoms with E-state index in [0.717, 1.165) is 50.7 Å². The van der Waals surface area contributed by atoms with Gasteiger partial charge in [0.25, 0.3) is 6.47 Å². The maximum absolute atomic E-state index is 12.4. The molecule has 69 heavy (non-hydrogen) atoms. The van der Waals surface area contributed by atoms with Crippen LogP contribution in [0, 0.1) is 11.8 Å². The number of carboxylic acid groups (broad SMARTS) is 1. The van der Waals surface area contributed by atoms with Crippen LogP contribution in [0.4, 0.5) is 4.79 Å². The molecule has 0 aromatic rings. The molecule has 0 aliphatic heterocycles. The Balaban J connectivity index is -0.00000285. The molecule has 0 saturated carbocycles. The van der Waals surface area contributed by atoms with Crippen LogP contribution in [0.1, 0.15) is 288 Å². The number of esters is 1. The molecular formula is C59H122N2O8. The van der Waals surface area contributed by atoms with Gasteiger partial charge in [-0.25, -0.2) is 4.79 Å². The SMILES string of the molecule is CC.CC.CCCCCC(CCCCC)CCCCCCCCCCN(CCCCCCCC(=O)OCCCC(CCCCC)CCCCC)CCOCCOCCNC(=O)OC(C)(C)C.O=CO. The second-order valence-corrected chi connectivity index (χ2v) is 19.8. The molecule has 0 aliphatic carbocycles. The van der Waals surface area contributed by atoms with Gasteiger partial charge in [-0.3, -0.25) is 9.59 Å². The zero-order valence-electron chi connectivity index (χ0n) is 48.2. The van der Waals surface area contributed by atoms with Crippen molar-refractivity contribution in [3.63, 3.8) is 0 Å². The Morgan fingerprint density at radius 1 is 0.493 bits per heavy atom. The highest BCUT2D eigenvalue weighted by Gasteiger charge is 2.16. The van der Waals surface area contributed by atoms with Gasteiger partial charge in [0.15, 0.2) is 0 Å². The number of carbonyl (C=O) groups is 3. The smallest absolute Gasteiger partial charge is 0.407 e. The summed E-state index contributed by atoms with van der Waals surface area (Å²) in [6.07, 6.45) is 42.2. The molecule has 0 aliphatic rings. The summed E-state index contributed by atoms with van der Waals surface area (Å²) in [5.41, 5.74) is -0.501. The monoisotopic (exact) mass is 987 g/mol. The highest BCUT2D eigenvalue weighted by atomic mass is 16.6. The summed E-state index contributed by atoms with van der Waals surface area (Å²) in [6.45, 7) is 28.9. The Kier molecular flexibility index (Phi) is 66.4. The lowest BCUT2D eigenvalue weighted by Crippen LogP contribution is -2.34. The minimum atomic E-state index is -0.501. The van der Waals surface area contributed by atoms with Crippen molar-refractivity contribution in [2.24, 2.45) is 11.8 Å². The molecule has 0 fully saturated rings. The van der Waals surface area contributed by atoms with Gasteiger partial charge in [-0.2, -0.15) is 0 Å². The lowest BCUT2D eigenvalue weighted by atomic mass is 9.90. The number of hydrogen-bond donors (Lipinski definition) is 2. The second kappa shape index (κ2) is 62.2. The summed E-state index contributed by atoms with van der Waals surface area (Å²) in [5.74, 6) is 1.77. The van der Waals surface area contributed by atoms with E-state index in [4.69, 9.17) is 28.8 Å². The van der Waals surface area contributed by atoms with E-state index >= 15 is 0 Å². The Bertz CT molecular complexity index is 974. The van der Waals surface area contributed by atoms with Gasteiger partial charge in [0, 0.05) is 19.5 Å². The quantitative estimate of drug-likeness (QED) is 0.0348. The first-order valence-electron chi connectivity index (χ1n) is 29.6. The lowest BCUT2D eigenvalue weighted by Gasteiger charge is -2.22. The van der Waals surface area contributed by atoms with Crippen molar-refractivity contribution >= 4 is 18.5 Å². The second-order valence-electron chi connectivity index (χ2n) is 19.8. The highest BCUT2D eigenvalue weighted by Crippen LogP contribution is 2.25. The van der Waals surface area contributed by atoms with Crippen molar-refractivity contribution in [1.82, 2.24) is 10.2 Å². The molecule has 0 saturated heterocycles. The number of rotatable bonds is 48. The predicted molar refractivity (Wildman–Crippen MR) is 297 cm³/mol. The molecule has 416 valence electrons. The van der Waals surface area contributed by atoms with Gasteiger partial charge in [0.1, 0.15) is 5.60 Å². The summed E-state index contributed by atoms with van der Waals surface area (Å²) in [7, 11) is 0. The van der Waals surface area contributed by atoms with Crippen LogP contribution in [0.3, 0.4) is 0 Å². The van der Waals surface area contributed by atoms with Crippen LogP contribution in [-0.4, -0.2) is 93.4 Å². The molecule has 0 bridgehead atoms. The lowest BCUT2D eigenvalue weighted by molar-refractivity contribution is -0.144. The molecule has 0 aromatic heterocycles. The minimum Gasteiger partial charge on any atom is -0.483 e. The van der Waals surface area contributed by atoms with Crippen LogP contribution < -0.4 is 5.32 Å². The average Bonchev–Trinajstić information content (AvgIpc) is 3.33. The van der Waals surface area contributed by atoms with E-state index in [1.54, 1.807) is 0 Å². The number of nitrogens with one attached hydrogen (secondary N) is 1. The maximum Gasteiger partial charge on any atom is 0.407 e. The Morgan fingerprint density at radius 3 is 1.28 bits per heavy atom. The van der Waals surface area contributed by atoms with Crippen LogP contribution in [0.5, 0.6) is 0 Å². The third kappa shape index (κ3) is 64.1. The van der Waals surface area contributed by atoms with Gasteiger partial charge in [-0.15, -0.1) is 0 Å². The van der Waals surface area contributed by atoms with E-state index in [2.05, 4.69) is 37.9 Å². The van der Waals surface area contributed by atoms with Crippen molar-refractivity contribution in [3.05, 3.63) is 0 Å². The van der Waals surface area contributed by atoms with Crippen LogP contribution >= 0.6 is 0 Å². The van der Waals surface area contributed by atoms with Crippen molar-refractivity contribution in [2.45, 2.75) is 294 Å². The van der Waals surface area contributed by atoms with E-state index in [1.807, 2.05) is 48.5 Å². The molecule has 10 heteroatoms. The van der Waals surface area contributed by atoms with Crippen LogP contribution in [0.25, 0.3) is 0 Å². The molecule has 0 rings (SSSR count). The van der Waals surface area contributed by atoms with E-state index in [-0.39, 0.29) is 12.4 Å². The molecule has 0 unspecified atom stereocenters. The number of alkyl carbamates (subject to hydrolysis) is 1. The van der Waals surface area contributed by atoms with Gasteiger partial charge in [-0.1, -0.05) is 229 Å². The highest BCUT2D eigenvalue weighted by molar-refractivity contribution is 5.69. The van der Waals surface area contributed by atoms with Crippen LogP contribution in [0.2, 0.25) is 0 Å². The molecule has 0 spiro atoms. The summed E-state index contributed by atoms with van der Waals surface area (Å²) in [6, 6.07) is 0. The number of ether oxygens (including phenoxy) is 4.